The van der Waals surface area contributed by atoms with Gasteiger partial charge in [0.15, 0.2) is 5.65 Å². The van der Waals surface area contributed by atoms with Crippen LogP contribution in [0.3, 0.4) is 0 Å². The molecule has 7 heteroatoms. The SMILES string of the molecule is NCc1ccc(Sc2ncnc3nc[nH]c23)c(Br)c1. The summed E-state index contributed by atoms with van der Waals surface area (Å²) in [7, 11) is 0. The van der Waals surface area contributed by atoms with Gasteiger partial charge in [0.1, 0.15) is 16.9 Å². The Morgan fingerprint density at radius 3 is 2.95 bits per heavy atom. The van der Waals surface area contributed by atoms with Gasteiger partial charge in [-0.25, -0.2) is 15.0 Å². The van der Waals surface area contributed by atoms with Gasteiger partial charge in [0.2, 0.25) is 0 Å². The first kappa shape index (κ1) is 12.6. The molecule has 2 heterocycles. The second kappa shape index (κ2) is 5.28. The Labute approximate surface area is 122 Å². The number of aromatic amines is 1. The van der Waals surface area contributed by atoms with Crippen molar-refractivity contribution < 1.29 is 0 Å². The zero-order valence-electron chi connectivity index (χ0n) is 9.80. The number of benzene rings is 1. The molecule has 0 radical (unpaired) electrons. The Balaban J connectivity index is 1.99. The highest BCUT2D eigenvalue weighted by atomic mass is 79.9. The van der Waals surface area contributed by atoms with Crippen LogP contribution >= 0.6 is 27.7 Å². The number of halogens is 1. The van der Waals surface area contributed by atoms with Gasteiger partial charge in [-0.05, 0) is 33.6 Å². The number of nitrogens with one attached hydrogen (secondary N) is 1. The van der Waals surface area contributed by atoms with Gasteiger partial charge in [0.05, 0.1) is 6.33 Å². The molecule has 0 amide bonds. The zero-order chi connectivity index (χ0) is 13.2. The van der Waals surface area contributed by atoms with Gasteiger partial charge in [0, 0.05) is 15.9 Å². The molecule has 3 rings (SSSR count). The van der Waals surface area contributed by atoms with Crippen molar-refractivity contribution in [3.8, 4) is 0 Å². The van der Waals surface area contributed by atoms with Crippen molar-refractivity contribution in [1.29, 1.82) is 0 Å². The quantitative estimate of drug-likeness (QED) is 0.719. The Bertz CT molecular complexity index is 727. The van der Waals surface area contributed by atoms with Crippen molar-refractivity contribution in [3.05, 3.63) is 40.9 Å². The number of imidazole rings is 1. The summed E-state index contributed by atoms with van der Waals surface area (Å²) in [4.78, 5) is 16.6. The van der Waals surface area contributed by atoms with Gasteiger partial charge in [0.25, 0.3) is 0 Å². The molecule has 96 valence electrons. The van der Waals surface area contributed by atoms with Crippen LogP contribution in [0.15, 0.2) is 45.2 Å². The number of H-pyrrole nitrogens is 1. The van der Waals surface area contributed by atoms with Gasteiger partial charge in [-0.1, -0.05) is 17.8 Å². The van der Waals surface area contributed by atoms with E-state index in [-0.39, 0.29) is 0 Å². The third kappa shape index (κ3) is 2.49. The highest BCUT2D eigenvalue weighted by Gasteiger charge is 2.09. The molecule has 1 aromatic carbocycles. The Morgan fingerprint density at radius 2 is 2.16 bits per heavy atom. The normalized spacial score (nSPS) is 11.1. The minimum absolute atomic E-state index is 0.530. The van der Waals surface area contributed by atoms with E-state index in [1.54, 1.807) is 18.1 Å². The van der Waals surface area contributed by atoms with Gasteiger partial charge >= 0.3 is 0 Å². The molecule has 0 fully saturated rings. The number of nitrogens with two attached hydrogens (primary N) is 1. The molecule has 3 N–H and O–H groups in total. The van der Waals surface area contributed by atoms with E-state index in [4.69, 9.17) is 5.73 Å². The highest BCUT2D eigenvalue weighted by Crippen LogP contribution is 2.35. The minimum atomic E-state index is 0.530. The van der Waals surface area contributed by atoms with Crippen LogP contribution < -0.4 is 5.73 Å². The van der Waals surface area contributed by atoms with Crippen LogP contribution in [0.1, 0.15) is 5.56 Å². The van der Waals surface area contributed by atoms with Crippen LogP contribution in [0, 0.1) is 0 Å². The van der Waals surface area contributed by atoms with E-state index in [0.717, 1.165) is 25.5 Å². The zero-order valence-corrected chi connectivity index (χ0v) is 12.2. The van der Waals surface area contributed by atoms with Crippen LogP contribution in [0.4, 0.5) is 0 Å². The third-order valence-corrected chi connectivity index (χ3v) is 4.62. The predicted molar refractivity (Wildman–Crippen MR) is 77.8 cm³/mol. The third-order valence-electron chi connectivity index (χ3n) is 2.63. The van der Waals surface area contributed by atoms with Crippen molar-refractivity contribution in [1.82, 2.24) is 19.9 Å². The molecule has 0 unspecified atom stereocenters. The molecule has 2 aromatic heterocycles. The molecule has 0 aliphatic rings. The van der Waals surface area contributed by atoms with Crippen LogP contribution in [-0.2, 0) is 6.54 Å². The van der Waals surface area contributed by atoms with Gasteiger partial charge < -0.3 is 10.7 Å². The van der Waals surface area contributed by atoms with Crippen LogP contribution in [0.25, 0.3) is 11.2 Å². The number of hydrogen-bond acceptors (Lipinski definition) is 5. The van der Waals surface area contributed by atoms with Crippen molar-refractivity contribution >= 4 is 38.9 Å². The fourth-order valence-corrected chi connectivity index (χ4v) is 3.20. The summed E-state index contributed by atoms with van der Waals surface area (Å²) in [5, 5.41) is 0.851. The summed E-state index contributed by atoms with van der Waals surface area (Å²) >= 11 is 5.11. The van der Waals surface area contributed by atoms with Crippen LogP contribution in [0.5, 0.6) is 0 Å². The standard InChI is InChI=1S/C12H10BrN5S/c13-8-3-7(4-14)1-2-9(8)19-12-10-11(16-5-15-10)17-6-18-12/h1-3,5-6H,4,14H2,(H,15,16,17,18). The number of hydrogen-bond donors (Lipinski definition) is 2. The molecular formula is C12H10BrN5S. The number of aromatic nitrogens is 4. The molecule has 0 saturated carbocycles. The monoisotopic (exact) mass is 335 g/mol. The maximum absolute atomic E-state index is 5.62. The second-order valence-corrected chi connectivity index (χ2v) is 5.74. The van der Waals surface area contributed by atoms with E-state index < -0.39 is 0 Å². The minimum Gasteiger partial charge on any atom is -0.341 e. The Kier molecular flexibility index (Phi) is 3.50. The van der Waals surface area contributed by atoms with Crippen molar-refractivity contribution in [2.45, 2.75) is 16.5 Å². The molecule has 0 atom stereocenters. The summed E-state index contributed by atoms with van der Waals surface area (Å²) < 4.78 is 1.01. The fourth-order valence-electron chi connectivity index (χ4n) is 1.68. The van der Waals surface area contributed by atoms with E-state index in [9.17, 15) is 0 Å². The molecule has 3 aromatic rings. The lowest BCUT2D eigenvalue weighted by Crippen LogP contribution is -1.96. The summed E-state index contributed by atoms with van der Waals surface area (Å²) in [5.41, 5.74) is 8.23. The van der Waals surface area contributed by atoms with Gasteiger partial charge in [-0.3, -0.25) is 0 Å². The molecule has 0 saturated heterocycles. The van der Waals surface area contributed by atoms with Gasteiger partial charge in [-0.15, -0.1) is 0 Å². The van der Waals surface area contributed by atoms with Gasteiger partial charge in [-0.2, -0.15) is 0 Å². The lowest BCUT2D eigenvalue weighted by Gasteiger charge is -2.06. The molecule has 19 heavy (non-hydrogen) atoms. The van der Waals surface area contributed by atoms with E-state index in [1.807, 2.05) is 18.2 Å². The molecule has 0 aliphatic heterocycles. The lowest BCUT2D eigenvalue weighted by atomic mass is 10.2. The molecular weight excluding hydrogens is 326 g/mol. The largest absolute Gasteiger partial charge is 0.341 e. The maximum Gasteiger partial charge on any atom is 0.181 e. The first-order chi connectivity index (χ1) is 9.28. The van der Waals surface area contributed by atoms with E-state index in [1.165, 1.54) is 6.33 Å². The fraction of sp³-hybridized carbons (Fsp3) is 0.0833. The van der Waals surface area contributed by atoms with Crippen LogP contribution in [0.2, 0.25) is 0 Å². The van der Waals surface area contributed by atoms with E-state index in [0.29, 0.717) is 12.2 Å². The van der Waals surface area contributed by atoms with Crippen molar-refractivity contribution in [3.63, 3.8) is 0 Å². The topological polar surface area (TPSA) is 80.5 Å². The number of rotatable bonds is 3. The van der Waals surface area contributed by atoms with Crippen molar-refractivity contribution in [2.75, 3.05) is 0 Å². The average molecular weight is 336 g/mol. The van der Waals surface area contributed by atoms with E-state index in [2.05, 4.69) is 35.9 Å². The molecule has 0 bridgehead atoms. The Hall–Kier alpha value is -1.44. The lowest BCUT2D eigenvalue weighted by molar-refractivity contribution is 1.06. The Morgan fingerprint density at radius 1 is 1.26 bits per heavy atom. The average Bonchev–Trinajstić information content (AvgIpc) is 2.90. The summed E-state index contributed by atoms with van der Waals surface area (Å²) in [6.07, 6.45) is 3.14. The first-order valence-electron chi connectivity index (χ1n) is 5.58. The highest BCUT2D eigenvalue weighted by molar-refractivity contribution is 9.10. The maximum atomic E-state index is 5.62. The van der Waals surface area contributed by atoms with Crippen molar-refractivity contribution in [2.24, 2.45) is 5.73 Å². The second-order valence-electron chi connectivity index (χ2n) is 3.85. The molecule has 0 aliphatic carbocycles. The molecule has 5 nitrogen and oxygen atoms in total. The van der Waals surface area contributed by atoms with Crippen LogP contribution in [-0.4, -0.2) is 19.9 Å². The molecule has 0 spiro atoms. The number of nitrogens with zero attached hydrogens (tertiary/aromatic N) is 3. The van der Waals surface area contributed by atoms with E-state index >= 15 is 0 Å². The summed E-state index contributed by atoms with van der Waals surface area (Å²) in [6, 6.07) is 6.06. The smallest absolute Gasteiger partial charge is 0.181 e. The first-order valence-corrected chi connectivity index (χ1v) is 7.19. The summed E-state index contributed by atoms with van der Waals surface area (Å²) in [6.45, 7) is 0.530. The summed E-state index contributed by atoms with van der Waals surface area (Å²) in [5.74, 6) is 0. The number of fused-ring (bicyclic) bond motifs is 1. The predicted octanol–water partition coefficient (Wildman–Crippen LogP) is 2.73.